The lowest BCUT2D eigenvalue weighted by molar-refractivity contribution is 0.113. The van der Waals surface area contributed by atoms with Crippen LogP contribution in [0.2, 0.25) is 0 Å². The molecule has 0 bridgehead atoms. The molecule has 0 amide bonds. The van der Waals surface area contributed by atoms with Gasteiger partial charge in [-0.15, -0.1) is 10.2 Å². The molecule has 2 aliphatic rings. The van der Waals surface area contributed by atoms with E-state index in [1.54, 1.807) is 6.92 Å². The molecule has 8 heteroatoms. The molecule has 7 nitrogen and oxygen atoms in total. The van der Waals surface area contributed by atoms with Crippen molar-refractivity contribution < 1.29 is 13.3 Å². The Morgan fingerprint density at radius 2 is 2.24 bits per heavy atom. The van der Waals surface area contributed by atoms with E-state index in [0.717, 1.165) is 12.8 Å². The van der Waals surface area contributed by atoms with Gasteiger partial charge < -0.3 is 8.94 Å². The van der Waals surface area contributed by atoms with Crippen molar-refractivity contribution in [2.45, 2.75) is 44.3 Å². The number of aromatic nitrogens is 4. The summed E-state index contributed by atoms with van der Waals surface area (Å²) in [7, 11) is 0. The normalized spacial score (nSPS) is 26.6. The van der Waals surface area contributed by atoms with Crippen LogP contribution in [0.4, 0.5) is 4.39 Å². The Kier molecular flexibility index (Phi) is 2.81. The Morgan fingerprint density at radius 3 is 2.95 bits per heavy atom. The topological polar surface area (TPSA) is 81.1 Å². The average Bonchev–Trinajstić information content (AvgIpc) is 2.85. The molecule has 1 unspecified atom stereocenters. The van der Waals surface area contributed by atoms with E-state index in [2.05, 4.69) is 20.3 Å². The minimum Gasteiger partial charge on any atom is -0.424 e. The number of hydrogen-bond acceptors (Lipinski definition) is 7. The first-order valence-corrected chi connectivity index (χ1v) is 7.17. The van der Waals surface area contributed by atoms with E-state index in [1.807, 2.05) is 4.90 Å². The number of alkyl halides is 1. The molecule has 1 saturated carbocycles. The van der Waals surface area contributed by atoms with Crippen LogP contribution in [0, 0.1) is 6.92 Å². The zero-order valence-corrected chi connectivity index (χ0v) is 11.8. The van der Waals surface area contributed by atoms with Gasteiger partial charge in [-0.05, 0) is 19.8 Å². The average molecular weight is 293 g/mol. The molecule has 1 aliphatic carbocycles. The summed E-state index contributed by atoms with van der Waals surface area (Å²) in [5, 5.41) is 11.7. The highest BCUT2D eigenvalue weighted by Gasteiger charge is 2.45. The van der Waals surface area contributed by atoms with Crippen LogP contribution in [-0.4, -0.2) is 38.3 Å². The molecule has 2 aromatic heterocycles. The quantitative estimate of drug-likeness (QED) is 0.848. The number of rotatable bonds is 4. The first kappa shape index (κ1) is 12.9. The molecular weight excluding hydrogens is 277 g/mol. The van der Waals surface area contributed by atoms with Crippen molar-refractivity contribution in [2.75, 3.05) is 13.1 Å². The van der Waals surface area contributed by atoms with E-state index in [0.29, 0.717) is 43.0 Å². The van der Waals surface area contributed by atoms with E-state index >= 15 is 0 Å². The highest BCUT2D eigenvalue weighted by Crippen LogP contribution is 2.39. The van der Waals surface area contributed by atoms with Crippen molar-refractivity contribution in [2.24, 2.45) is 0 Å². The van der Waals surface area contributed by atoms with Crippen LogP contribution in [0.1, 0.15) is 48.7 Å². The van der Waals surface area contributed by atoms with Gasteiger partial charge in [0, 0.05) is 25.4 Å². The van der Waals surface area contributed by atoms with Crippen LogP contribution in [0.15, 0.2) is 8.94 Å². The van der Waals surface area contributed by atoms with Crippen molar-refractivity contribution in [3.05, 3.63) is 23.5 Å². The second kappa shape index (κ2) is 4.59. The van der Waals surface area contributed by atoms with Crippen molar-refractivity contribution in [1.29, 1.82) is 0 Å². The summed E-state index contributed by atoms with van der Waals surface area (Å²) < 4.78 is 25.4. The molecule has 3 heterocycles. The number of likely N-dealkylation sites (tertiary alicyclic amines) is 1. The van der Waals surface area contributed by atoms with Crippen molar-refractivity contribution in [3.8, 4) is 0 Å². The lowest BCUT2D eigenvalue weighted by atomic mass is 10.1. The van der Waals surface area contributed by atoms with Gasteiger partial charge in [0.25, 0.3) is 5.89 Å². The van der Waals surface area contributed by atoms with Gasteiger partial charge in [0.1, 0.15) is 0 Å². The van der Waals surface area contributed by atoms with Gasteiger partial charge in [0.15, 0.2) is 5.82 Å². The Balaban J connectivity index is 1.43. The molecule has 112 valence electrons. The third kappa shape index (κ3) is 2.44. The molecule has 1 aliphatic heterocycles. The second-order valence-electron chi connectivity index (χ2n) is 5.88. The maximum absolute atomic E-state index is 14.8. The van der Waals surface area contributed by atoms with E-state index in [-0.39, 0.29) is 12.4 Å². The zero-order chi connectivity index (χ0) is 14.4. The Labute approximate surface area is 120 Å². The lowest BCUT2D eigenvalue weighted by Crippen LogP contribution is -2.27. The van der Waals surface area contributed by atoms with Gasteiger partial charge >= 0.3 is 0 Å². The fraction of sp³-hybridized carbons (Fsp3) is 0.692. The third-order valence-electron chi connectivity index (χ3n) is 3.98. The van der Waals surface area contributed by atoms with E-state index in [4.69, 9.17) is 8.94 Å². The number of aryl methyl sites for hydroxylation is 1. The second-order valence-corrected chi connectivity index (χ2v) is 5.88. The molecule has 4 rings (SSSR count). The zero-order valence-electron chi connectivity index (χ0n) is 11.8. The monoisotopic (exact) mass is 293 g/mol. The highest BCUT2D eigenvalue weighted by molar-refractivity contribution is 5.05. The SMILES string of the molecule is Cc1noc(C2(F)CCN(Cc3nnc(C4CC4)o3)C2)n1. The van der Waals surface area contributed by atoms with Crippen LogP contribution >= 0.6 is 0 Å². The molecular formula is C13H16FN5O2. The Morgan fingerprint density at radius 1 is 1.38 bits per heavy atom. The molecule has 0 radical (unpaired) electrons. The standard InChI is InChI=1S/C13H16FN5O2/c1-8-15-12(21-18-8)13(14)4-5-19(7-13)6-10-16-17-11(20-10)9-2-3-9/h9H,2-7H2,1H3. The maximum Gasteiger partial charge on any atom is 0.265 e. The molecule has 0 N–H and O–H groups in total. The van der Waals surface area contributed by atoms with E-state index in [1.165, 1.54) is 0 Å². The van der Waals surface area contributed by atoms with E-state index in [9.17, 15) is 4.39 Å². The van der Waals surface area contributed by atoms with Crippen molar-refractivity contribution in [3.63, 3.8) is 0 Å². The predicted molar refractivity (Wildman–Crippen MR) is 68.0 cm³/mol. The van der Waals surface area contributed by atoms with E-state index < -0.39 is 5.67 Å². The van der Waals surface area contributed by atoms with Gasteiger partial charge in [-0.3, -0.25) is 4.90 Å². The molecule has 2 fully saturated rings. The summed E-state index contributed by atoms with van der Waals surface area (Å²) in [6, 6.07) is 0. The van der Waals surface area contributed by atoms with Crippen LogP contribution in [0.5, 0.6) is 0 Å². The molecule has 1 atom stereocenters. The Hall–Kier alpha value is -1.83. The van der Waals surface area contributed by atoms with Gasteiger partial charge in [0.2, 0.25) is 17.5 Å². The number of nitrogens with zero attached hydrogens (tertiary/aromatic N) is 5. The smallest absolute Gasteiger partial charge is 0.265 e. The minimum atomic E-state index is -1.58. The lowest BCUT2D eigenvalue weighted by Gasteiger charge is -2.15. The summed E-state index contributed by atoms with van der Waals surface area (Å²) in [4.78, 5) is 5.94. The fourth-order valence-corrected chi connectivity index (χ4v) is 2.65. The summed E-state index contributed by atoms with van der Waals surface area (Å²) in [5.41, 5.74) is -1.58. The van der Waals surface area contributed by atoms with Gasteiger partial charge in [-0.1, -0.05) is 5.16 Å². The van der Waals surface area contributed by atoms with Gasteiger partial charge in [-0.25, -0.2) is 4.39 Å². The number of halogens is 1. The van der Waals surface area contributed by atoms with Gasteiger partial charge in [-0.2, -0.15) is 4.98 Å². The highest BCUT2D eigenvalue weighted by atomic mass is 19.1. The molecule has 21 heavy (non-hydrogen) atoms. The summed E-state index contributed by atoms with van der Waals surface area (Å²) in [6.45, 7) is 2.94. The van der Waals surface area contributed by atoms with Crippen LogP contribution in [-0.2, 0) is 12.2 Å². The largest absolute Gasteiger partial charge is 0.424 e. The first-order valence-electron chi connectivity index (χ1n) is 7.17. The Bertz CT molecular complexity index is 653. The molecule has 0 aromatic carbocycles. The van der Waals surface area contributed by atoms with Crippen molar-refractivity contribution >= 4 is 0 Å². The first-order chi connectivity index (χ1) is 10.1. The molecule has 1 saturated heterocycles. The van der Waals surface area contributed by atoms with Crippen LogP contribution in [0.25, 0.3) is 0 Å². The summed E-state index contributed by atoms with van der Waals surface area (Å²) in [6.07, 6.45) is 2.57. The molecule has 2 aromatic rings. The van der Waals surface area contributed by atoms with Crippen LogP contribution < -0.4 is 0 Å². The summed E-state index contributed by atoms with van der Waals surface area (Å²) in [5.74, 6) is 2.20. The predicted octanol–water partition coefficient (Wildman–Crippen LogP) is 1.71. The third-order valence-corrected chi connectivity index (χ3v) is 3.98. The fourth-order valence-electron chi connectivity index (χ4n) is 2.65. The van der Waals surface area contributed by atoms with Crippen LogP contribution in [0.3, 0.4) is 0 Å². The minimum absolute atomic E-state index is 0.0618. The number of hydrogen-bond donors (Lipinski definition) is 0. The molecule has 0 spiro atoms. The summed E-state index contributed by atoms with van der Waals surface area (Å²) >= 11 is 0. The van der Waals surface area contributed by atoms with Crippen molar-refractivity contribution in [1.82, 2.24) is 25.2 Å². The maximum atomic E-state index is 14.8. The van der Waals surface area contributed by atoms with Gasteiger partial charge in [0.05, 0.1) is 6.54 Å².